The zero-order chi connectivity index (χ0) is 13.2. The molecule has 3 atom stereocenters. The van der Waals surface area contributed by atoms with E-state index in [9.17, 15) is 4.79 Å². The molecule has 2 aliphatic rings. The summed E-state index contributed by atoms with van der Waals surface area (Å²) in [6.45, 7) is 1.72. The molecule has 0 aromatic carbocycles. The Morgan fingerprint density at radius 3 is 2.95 bits per heavy atom. The minimum Gasteiger partial charge on any atom is -0.468 e. The van der Waals surface area contributed by atoms with Gasteiger partial charge in [-0.25, -0.2) is 9.97 Å². The molecule has 0 radical (unpaired) electrons. The van der Waals surface area contributed by atoms with Gasteiger partial charge in [-0.2, -0.15) is 0 Å². The number of likely N-dealkylation sites (tertiary alicyclic amines) is 1. The molecule has 5 nitrogen and oxygen atoms in total. The van der Waals surface area contributed by atoms with E-state index in [0.29, 0.717) is 11.8 Å². The Kier molecular flexibility index (Phi) is 3.46. The normalized spacial score (nSPS) is 30.3. The molecule has 0 spiro atoms. The Morgan fingerprint density at radius 2 is 2.21 bits per heavy atom. The number of rotatable bonds is 3. The van der Waals surface area contributed by atoms with Crippen LogP contribution in [0.15, 0.2) is 18.7 Å². The monoisotopic (exact) mass is 261 g/mol. The van der Waals surface area contributed by atoms with E-state index in [1.165, 1.54) is 26.3 Å². The van der Waals surface area contributed by atoms with Gasteiger partial charge in [-0.05, 0) is 24.7 Å². The molecule has 1 aromatic rings. The lowest BCUT2D eigenvalue weighted by atomic mass is 9.94. The predicted molar refractivity (Wildman–Crippen MR) is 69.1 cm³/mol. The molecule has 19 heavy (non-hydrogen) atoms. The van der Waals surface area contributed by atoms with Crippen molar-refractivity contribution in [3.63, 3.8) is 0 Å². The van der Waals surface area contributed by atoms with Gasteiger partial charge >= 0.3 is 5.97 Å². The average Bonchev–Trinajstić information content (AvgIpc) is 2.99. The van der Waals surface area contributed by atoms with Gasteiger partial charge in [0.15, 0.2) is 0 Å². The first-order chi connectivity index (χ1) is 9.29. The summed E-state index contributed by atoms with van der Waals surface area (Å²) >= 11 is 0. The van der Waals surface area contributed by atoms with E-state index < -0.39 is 0 Å². The van der Waals surface area contributed by atoms with Crippen molar-refractivity contribution in [2.75, 3.05) is 13.7 Å². The summed E-state index contributed by atoms with van der Waals surface area (Å²) in [4.78, 5) is 22.4. The maximum atomic E-state index is 12.1. The van der Waals surface area contributed by atoms with Crippen LogP contribution in [0.3, 0.4) is 0 Å². The van der Waals surface area contributed by atoms with Crippen LogP contribution in [0, 0.1) is 11.8 Å². The Balaban J connectivity index is 1.78. The average molecular weight is 261 g/mol. The van der Waals surface area contributed by atoms with Crippen LogP contribution >= 0.6 is 0 Å². The molecule has 0 N–H and O–H groups in total. The summed E-state index contributed by atoms with van der Waals surface area (Å²) in [6.07, 6.45) is 8.78. The number of methoxy groups -OCH3 is 1. The van der Waals surface area contributed by atoms with Crippen LogP contribution in [0.25, 0.3) is 0 Å². The molecule has 3 rings (SSSR count). The summed E-state index contributed by atoms with van der Waals surface area (Å²) in [7, 11) is 1.48. The summed E-state index contributed by atoms with van der Waals surface area (Å²) < 4.78 is 5.00. The zero-order valence-electron chi connectivity index (χ0n) is 11.2. The van der Waals surface area contributed by atoms with Crippen molar-refractivity contribution < 1.29 is 9.53 Å². The number of hydrogen-bond donors (Lipinski definition) is 0. The maximum Gasteiger partial charge on any atom is 0.323 e. The molecule has 1 aromatic heterocycles. The minimum absolute atomic E-state index is 0.0855. The number of hydrogen-bond acceptors (Lipinski definition) is 5. The highest BCUT2D eigenvalue weighted by Crippen LogP contribution is 2.42. The van der Waals surface area contributed by atoms with Gasteiger partial charge in [-0.3, -0.25) is 9.69 Å². The van der Waals surface area contributed by atoms with Crippen molar-refractivity contribution in [3.05, 3.63) is 24.3 Å². The highest BCUT2D eigenvalue weighted by molar-refractivity contribution is 5.76. The molecule has 0 amide bonds. The lowest BCUT2D eigenvalue weighted by Crippen LogP contribution is -2.40. The van der Waals surface area contributed by atoms with E-state index in [4.69, 9.17) is 4.74 Å². The summed E-state index contributed by atoms with van der Waals surface area (Å²) in [5.41, 5.74) is 1.05. The fourth-order valence-corrected chi connectivity index (χ4v) is 3.65. The number of ether oxygens (including phenoxy) is 1. The minimum atomic E-state index is -0.0914. The number of fused-ring (bicyclic) bond motifs is 1. The molecular weight excluding hydrogens is 242 g/mol. The number of carbonyl (C=O) groups is 1. The first-order valence-electron chi connectivity index (χ1n) is 6.85. The van der Waals surface area contributed by atoms with Crippen molar-refractivity contribution >= 4 is 5.97 Å². The van der Waals surface area contributed by atoms with E-state index >= 15 is 0 Å². The second-order valence-corrected chi connectivity index (χ2v) is 5.50. The molecule has 5 heteroatoms. The standard InChI is InChI=1S/C14H19N3O2/c1-19-14(18)13-12-4-2-3-11(12)8-17(13)7-10-5-15-9-16-6-10/h5-6,9,11-13H,2-4,7-8H2,1H3/t11-,12-,13-/m0/s1. The second-order valence-electron chi connectivity index (χ2n) is 5.50. The Hall–Kier alpha value is -1.49. The van der Waals surface area contributed by atoms with E-state index in [1.807, 2.05) is 12.4 Å². The van der Waals surface area contributed by atoms with Gasteiger partial charge in [0.05, 0.1) is 7.11 Å². The predicted octanol–water partition coefficient (Wildman–Crippen LogP) is 1.25. The summed E-state index contributed by atoms with van der Waals surface area (Å²) in [5, 5.41) is 0. The topological polar surface area (TPSA) is 55.3 Å². The molecule has 1 saturated carbocycles. The molecule has 2 fully saturated rings. The maximum absolute atomic E-state index is 12.1. The van der Waals surface area contributed by atoms with Crippen LogP contribution in [0.2, 0.25) is 0 Å². The van der Waals surface area contributed by atoms with Crippen molar-refractivity contribution in [2.45, 2.75) is 31.8 Å². The van der Waals surface area contributed by atoms with Crippen molar-refractivity contribution in [1.29, 1.82) is 0 Å². The SMILES string of the molecule is COC(=O)[C@@H]1[C@H]2CCC[C@H]2CN1Cc1cncnc1. The number of carbonyl (C=O) groups excluding carboxylic acids is 1. The third kappa shape index (κ3) is 2.34. The fraction of sp³-hybridized carbons (Fsp3) is 0.643. The lowest BCUT2D eigenvalue weighted by molar-refractivity contribution is -0.147. The fourth-order valence-electron chi connectivity index (χ4n) is 3.65. The van der Waals surface area contributed by atoms with Crippen molar-refractivity contribution in [1.82, 2.24) is 14.9 Å². The molecule has 1 aliphatic heterocycles. The third-order valence-corrected chi connectivity index (χ3v) is 4.43. The van der Waals surface area contributed by atoms with E-state index in [-0.39, 0.29) is 12.0 Å². The zero-order valence-corrected chi connectivity index (χ0v) is 11.2. The van der Waals surface area contributed by atoms with Gasteiger partial charge < -0.3 is 4.74 Å². The molecule has 1 saturated heterocycles. The first-order valence-corrected chi connectivity index (χ1v) is 6.85. The van der Waals surface area contributed by atoms with E-state index in [1.54, 1.807) is 0 Å². The Labute approximate surface area is 113 Å². The number of aromatic nitrogens is 2. The quantitative estimate of drug-likeness (QED) is 0.766. The second kappa shape index (κ2) is 5.25. The van der Waals surface area contributed by atoms with Crippen LogP contribution in [-0.4, -0.2) is 40.5 Å². The summed E-state index contributed by atoms with van der Waals surface area (Å²) in [6, 6.07) is -0.0855. The number of esters is 1. The van der Waals surface area contributed by atoms with Crippen LogP contribution in [-0.2, 0) is 16.1 Å². The summed E-state index contributed by atoms with van der Waals surface area (Å²) in [5.74, 6) is 1.03. The van der Waals surface area contributed by atoms with Crippen LogP contribution in [0.1, 0.15) is 24.8 Å². The van der Waals surface area contributed by atoms with Gasteiger partial charge in [0.25, 0.3) is 0 Å². The smallest absolute Gasteiger partial charge is 0.323 e. The highest BCUT2D eigenvalue weighted by atomic mass is 16.5. The molecule has 0 unspecified atom stereocenters. The van der Waals surface area contributed by atoms with Crippen LogP contribution < -0.4 is 0 Å². The molecule has 0 bridgehead atoms. The Bertz CT molecular complexity index is 451. The first kappa shape index (κ1) is 12.5. The van der Waals surface area contributed by atoms with Gasteiger partial charge in [0.1, 0.15) is 12.4 Å². The molecule has 1 aliphatic carbocycles. The lowest BCUT2D eigenvalue weighted by Gasteiger charge is -2.25. The van der Waals surface area contributed by atoms with Gasteiger partial charge in [0.2, 0.25) is 0 Å². The Morgan fingerprint density at radius 1 is 1.42 bits per heavy atom. The van der Waals surface area contributed by atoms with Crippen LogP contribution in [0.5, 0.6) is 0 Å². The molecular formula is C14H19N3O2. The van der Waals surface area contributed by atoms with E-state index in [0.717, 1.165) is 25.1 Å². The largest absolute Gasteiger partial charge is 0.468 e. The van der Waals surface area contributed by atoms with E-state index in [2.05, 4.69) is 14.9 Å². The van der Waals surface area contributed by atoms with Crippen molar-refractivity contribution in [2.24, 2.45) is 11.8 Å². The highest BCUT2D eigenvalue weighted by Gasteiger charge is 2.47. The molecule has 2 heterocycles. The van der Waals surface area contributed by atoms with Crippen molar-refractivity contribution in [3.8, 4) is 0 Å². The molecule has 102 valence electrons. The van der Waals surface area contributed by atoms with Crippen LogP contribution in [0.4, 0.5) is 0 Å². The third-order valence-electron chi connectivity index (χ3n) is 4.43. The van der Waals surface area contributed by atoms with Gasteiger partial charge in [0, 0.05) is 31.0 Å². The van der Waals surface area contributed by atoms with Gasteiger partial charge in [-0.15, -0.1) is 0 Å². The number of nitrogens with zero attached hydrogens (tertiary/aromatic N) is 3. The van der Waals surface area contributed by atoms with Gasteiger partial charge in [-0.1, -0.05) is 6.42 Å².